The SMILES string of the molecule is Cc1nn(C)c2nc([C@@]3(C)CCCN(C(=O)c4ccccc4)C3)ccc12. The topological polar surface area (TPSA) is 51.0 Å². The zero-order valence-corrected chi connectivity index (χ0v) is 15.6. The molecule has 0 unspecified atom stereocenters. The van der Waals surface area contributed by atoms with Crippen molar-refractivity contribution in [1.82, 2.24) is 19.7 Å². The molecule has 0 radical (unpaired) electrons. The molecule has 3 heterocycles. The lowest BCUT2D eigenvalue weighted by Gasteiger charge is -2.40. The summed E-state index contributed by atoms with van der Waals surface area (Å²) in [5.41, 5.74) is 3.56. The highest BCUT2D eigenvalue weighted by Crippen LogP contribution is 2.34. The maximum absolute atomic E-state index is 12.9. The Labute approximate surface area is 153 Å². The summed E-state index contributed by atoms with van der Waals surface area (Å²) in [7, 11) is 1.93. The summed E-state index contributed by atoms with van der Waals surface area (Å²) in [6.07, 6.45) is 2.01. The van der Waals surface area contributed by atoms with Crippen molar-refractivity contribution < 1.29 is 4.79 Å². The van der Waals surface area contributed by atoms with E-state index in [1.165, 1.54) is 0 Å². The number of benzene rings is 1. The minimum Gasteiger partial charge on any atom is -0.338 e. The molecule has 0 aliphatic carbocycles. The number of carbonyl (C=O) groups is 1. The van der Waals surface area contributed by atoms with Crippen molar-refractivity contribution in [2.45, 2.75) is 32.1 Å². The molecule has 3 aromatic rings. The van der Waals surface area contributed by atoms with Gasteiger partial charge in [-0.15, -0.1) is 0 Å². The highest BCUT2D eigenvalue weighted by atomic mass is 16.2. The second kappa shape index (κ2) is 6.24. The highest BCUT2D eigenvalue weighted by molar-refractivity contribution is 5.94. The summed E-state index contributed by atoms with van der Waals surface area (Å²) in [5.74, 6) is 0.106. The molecule has 0 saturated carbocycles. The zero-order chi connectivity index (χ0) is 18.3. The number of hydrogen-bond acceptors (Lipinski definition) is 3. The van der Waals surface area contributed by atoms with E-state index in [9.17, 15) is 4.79 Å². The molecule has 1 aliphatic rings. The van der Waals surface area contributed by atoms with Gasteiger partial charge in [0.1, 0.15) is 0 Å². The van der Waals surface area contributed by atoms with Crippen LogP contribution in [-0.4, -0.2) is 38.7 Å². The van der Waals surface area contributed by atoms with Crippen molar-refractivity contribution >= 4 is 16.9 Å². The number of carbonyl (C=O) groups excluding carboxylic acids is 1. The van der Waals surface area contributed by atoms with Gasteiger partial charge in [-0.05, 0) is 44.0 Å². The first-order valence-corrected chi connectivity index (χ1v) is 9.13. The van der Waals surface area contributed by atoms with Crippen molar-refractivity contribution in [3.05, 3.63) is 59.4 Å². The minimum absolute atomic E-state index is 0.106. The van der Waals surface area contributed by atoms with E-state index in [-0.39, 0.29) is 11.3 Å². The number of fused-ring (bicyclic) bond motifs is 1. The van der Waals surface area contributed by atoms with E-state index in [0.717, 1.165) is 47.4 Å². The van der Waals surface area contributed by atoms with Crippen molar-refractivity contribution in [2.24, 2.45) is 7.05 Å². The fourth-order valence-corrected chi connectivity index (χ4v) is 4.03. The van der Waals surface area contributed by atoms with Crippen LogP contribution in [0, 0.1) is 6.92 Å². The van der Waals surface area contributed by atoms with E-state index < -0.39 is 0 Å². The largest absolute Gasteiger partial charge is 0.338 e. The van der Waals surface area contributed by atoms with E-state index >= 15 is 0 Å². The van der Waals surface area contributed by atoms with Crippen LogP contribution in [0.5, 0.6) is 0 Å². The molecule has 5 nitrogen and oxygen atoms in total. The van der Waals surface area contributed by atoms with E-state index in [2.05, 4.69) is 24.2 Å². The molecule has 0 bridgehead atoms. The van der Waals surface area contributed by atoms with Crippen molar-refractivity contribution in [3.63, 3.8) is 0 Å². The van der Waals surface area contributed by atoms with Crippen LogP contribution in [0.15, 0.2) is 42.5 Å². The van der Waals surface area contributed by atoms with Crippen LogP contribution in [0.4, 0.5) is 0 Å². The Morgan fingerprint density at radius 3 is 2.69 bits per heavy atom. The van der Waals surface area contributed by atoms with Gasteiger partial charge in [-0.3, -0.25) is 9.48 Å². The molecule has 1 aromatic carbocycles. The second-order valence-electron chi connectivity index (χ2n) is 7.53. The van der Waals surface area contributed by atoms with Crippen LogP contribution in [0.1, 0.15) is 41.5 Å². The first kappa shape index (κ1) is 16.8. The van der Waals surface area contributed by atoms with E-state index in [4.69, 9.17) is 4.98 Å². The van der Waals surface area contributed by atoms with Crippen LogP contribution in [0.2, 0.25) is 0 Å². The molecule has 1 saturated heterocycles. The molecule has 1 fully saturated rings. The van der Waals surface area contributed by atoms with Gasteiger partial charge in [0.05, 0.1) is 11.4 Å². The van der Waals surface area contributed by atoms with E-state index in [1.54, 1.807) is 0 Å². The third-order valence-corrected chi connectivity index (χ3v) is 5.49. The third-order valence-electron chi connectivity index (χ3n) is 5.49. The maximum atomic E-state index is 12.9. The Hall–Kier alpha value is -2.69. The van der Waals surface area contributed by atoms with Gasteiger partial charge in [-0.25, -0.2) is 4.98 Å². The Balaban J connectivity index is 1.65. The number of amides is 1. The lowest BCUT2D eigenvalue weighted by atomic mass is 9.78. The molecule has 5 heteroatoms. The summed E-state index contributed by atoms with van der Waals surface area (Å²) < 4.78 is 1.84. The average Bonchev–Trinajstić information content (AvgIpc) is 2.95. The standard InChI is InChI=1S/C21H24N4O/c1-15-17-10-11-18(22-19(17)24(3)23-15)21(2)12-7-13-25(14-21)20(26)16-8-5-4-6-9-16/h4-6,8-11H,7,12-14H2,1-3H3/t21-/m0/s1. The van der Waals surface area contributed by atoms with E-state index in [1.807, 2.05) is 53.9 Å². The van der Waals surface area contributed by atoms with Gasteiger partial charge in [0.25, 0.3) is 5.91 Å². The first-order chi connectivity index (χ1) is 12.5. The Kier molecular flexibility index (Phi) is 4.02. The lowest BCUT2D eigenvalue weighted by Crippen LogP contribution is -2.47. The molecule has 134 valence electrons. The molecule has 26 heavy (non-hydrogen) atoms. The number of aromatic nitrogens is 3. The summed E-state index contributed by atoms with van der Waals surface area (Å²) >= 11 is 0. The Bertz CT molecular complexity index is 963. The van der Waals surface area contributed by atoms with Crippen molar-refractivity contribution in [2.75, 3.05) is 13.1 Å². The number of aryl methyl sites for hydroxylation is 2. The van der Waals surface area contributed by atoms with Crippen LogP contribution >= 0.6 is 0 Å². The van der Waals surface area contributed by atoms with Crippen LogP contribution in [0.25, 0.3) is 11.0 Å². The number of nitrogens with zero attached hydrogens (tertiary/aromatic N) is 4. The van der Waals surface area contributed by atoms with Gasteiger partial charge >= 0.3 is 0 Å². The van der Waals surface area contributed by atoms with E-state index in [0.29, 0.717) is 6.54 Å². The molecule has 2 aromatic heterocycles. The summed E-state index contributed by atoms with van der Waals surface area (Å²) in [4.78, 5) is 19.8. The molecule has 4 rings (SSSR count). The van der Waals surface area contributed by atoms with Crippen LogP contribution in [-0.2, 0) is 12.5 Å². The monoisotopic (exact) mass is 348 g/mol. The van der Waals surface area contributed by atoms with Gasteiger partial charge in [-0.2, -0.15) is 5.10 Å². The molecule has 1 atom stereocenters. The quantitative estimate of drug-likeness (QED) is 0.712. The molecule has 0 N–H and O–H groups in total. The normalized spacial score (nSPS) is 20.5. The highest BCUT2D eigenvalue weighted by Gasteiger charge is 2.36. The Morgan fingerprint density at radius 2 is 1.92 bits per heavy atom. The predicted octanol–water partition coefficient (Wildman–Crippen LogP) is 3.47. The van der Waals surface area contributed by atoms with Crippen LogP contribution in [0.3, 0.4) is 0 Å². The lowest BCUT2D eigenvalue weighted by molar-refractivity contribution is 0.0648. The fraction of sp³-hybridized carbons (Fsp3) is 0.381. The van der Waals surface area contributed by atoms with Crippen molar-refractivity contribution in [3.8, 4) is 0 Å². The number of hydrogen-bond donors (Lipinski definition) is 0. The summed E-state index contributed by atoms with van der Waals surface area (Å²) in [6, 6.07) is 13.8. The van der Waals surface area contributed by atoms with Gasteiger partial charge in [0, 0.05) is 36.5 Å². The van der Waals surface area contributed by atoms with Gasteiger partial charge in [-0.1, -0.05) is 25.1 Å². The third kappa shape index (κ3) is 2.77. The van der Waals surface area contributed by atoms with Gasteiger partial charge < -0.3 is 4.90 Å². The zero-order valence-electron chi connectivity index (χ0n) is 15.6. The number of likely N-dealkylation sites (tertiary alicyclic amines) is 1. The van der Waals surface area contributed by atoms with Crippen LogP contribution < -0.4 is 0 Å². The minimum atomic E-state index is -0.144. The first-order valence-electron chi connectivity index (χ1n) is 9.13. The van der Waals surface area contributed by atoms with Gasteiger partial charge in [0.2, 0.25) is 0 Å². The smallest absolute Gasteiger partial charge is 0.253 e. The average molecular weight is 348 g/mol. The number of piperidine rings is 1. The summed E-state index contributed by atoms with van der Waals surface area (Å²) in [6.45, 7) is 5.72. The molecule has 1 amide bonds. The maximum Gasteiger partial charge on any atom is 0.253 e. The van der Waals surface area contributed by atoms with Crippen molar-refractivity contribution in [1.29, 1.82) is 0 Å². The second-order valence-corrected chi connectivity index (χ2v) is 7.53. The molecular weight excluding hydrogens is 324 g/mol. The van der Waals surface area contributed by atoms with Gasteiger partial charge in [0.15, 0.2) is 5.65 Å². The Morgan fingerprint density at radius 1 is 1.15 bits per heavy atom. The molecule has 1 aliphatic heterocycles. The number of pyridine rings is 1. The molecular formula is C21H24N4O. The molecule has 0 spiro atoms. The summed E-state index contributed by atoms with van der Waals surface area (Å²) in [5, 5.41) is 5.56. The predicted molar refractivity (Wildman–Crippen MR) is 102 cm³/mol. The number of rotatable bonds is 2. The fourth-order valence-electron chi connectivity index (χ4n) is 4.03.